The third kappa shape index (κ3) is 5.28. The van der Waals surface area contributed by atoms with E-state index in [1.807, 2.05) is 32.9 Å². The van der Waals surface area contributed by atoms with Crippen LogP contribution in [-0.2, 0) is 6.18 Å². The van der Waals surface area contributed by atoms with Crippen LogP contribution in [0.2, 0.25) is 0 Å². The van der Waals surface area contributed by atoms with Gasteiger partial charge >= 0.3 is 6.18 Å². The number of thiophene rings is 1. The molecule has 10 heteroatoms. The summed E-state index contributed by atoms with van der Waals surface area (Å²) in [6, 6.07) is 11.1. The van der Waals surface area contributed by atoms with Gasteiger partial charge in [0.25, 0.3) is 5.91 Å². The largest absolute Gasteiger partial charge is 0.459 e. The first-order valence-electron chi connectivity index (χ1n) is 10.3. The third-order valence-corrected chi connectivity index (χ3v) is 5.98. The van der Waals surface area contributed by atoms with E-state index in [-0.39, 0.29) is 5.76 Å². The molecule has 6 nitrogen and oxygen atoms in total. The van der Waals surface area contributed by atoms with Gasteiger partial charge in [0.05, 0.1) is 17.9 Å². The molecule has 3 aromatic heterocycles. The highest BCUT2D eigenvalue weighted by molar-refractivity contribution is 7.16. The highest BCUT2D eigenvalue weighted by Crippen LogP contribution is 2.38. The number of carbonyl (C=O) groups is 1. The van der Waals surface area contributed by atoms with Gasteiger partial charge in [-0.15, -0.1) is 11.3 Å². The van der Waals surface area contributed by atoms with Gasteiger partial charge in [0, 0.05) is 21.8 Å². The molecule has 4 aromatic rings. The Bertz CT molecular complexity index is 1280. The predicted molar refractivity (Wildman–Crippen MR) is 124 cm³/mol. The summed E-state index contributed by atoms with van der Waals surface area (Å²) in [5.74, 6) is 0.0465. The van der Waals surface area contributed by atoms with Gasteiger partial charge in [-0.1, -0.05) is 12.1 Å². The molecule has 1 amide bonds. The monoisotopic (exact) mass is 486 g/mol. The first-order chi connectivity index (χ1) is 16.1. The average Bonchev–Trinajstić information content (AvgIpc) is 3.41. The lowest BCUT2D eigenvalue weighted by molar-refractivity contribution is -0.137. The lowest BCUT2D eigenvalue weighted by atomic mass is 9.98. The normalized spacial score (nSPS) is 12.4. The van der Waals surface area contributed by atoms with Gasteiger partial charge < -0.3 is 15.1 Å². The fourth-order valence-electron chi connectivity index (χ4n) is 3.54. The number of carbonyl (C=O) groups excluding carboxylic acids is 1. The van der Waals surface area contributed by atoms with Gasteiger partial charge in [-0.05, 0) is 62.7 Å². The summed E-state index contributed by atoms with van der Waals surface area (Å²) in [6.07, 6.45) is -3.04. The molecular weight excluding hydrogens is 465 g/mol. The van der Waals surface area contributed by atoms with Crippen molar-refractivity contribution < 1.29 is 22.4 Å². The minimum absolute atomic E-state index is 0.147. The molecule has 0 aliphatic carbocycles. The van der Waals surface area contributed by atoms with E-state index >= 15 is 0 Å². The van der Waals surface area contributed by atoms with Crippen molar-refractivity contribution >= 4 is 28.2 Å². The molecule has 0 bridgehead atoms. The molecule has 0 saturated heterocycles. The number of nitrogens with zero attached hydrogens (tertiary/aromatic N) is 2. The van der Waals surface area contributed by atoms with Crippen LogP contribution in [0.1, 0.15) is 49.6 Å². The maximum absolute atomic E-state index is 13.1. The summed E-state index contributed by atoms with van der Waals surface area (Å²) in [6.45, 7) is 5.54. The van der Waals surface area contributed by atoms with Gasteiger partial charge in [-0.2, -0.15) is 13.2 Å². The number of hydrogen-bond acceptors (Lipinski definition) is 6. The molecule has 4 rings (SSSR count). The van der Waals surface area contributed by atoms with E-state index in [0.717, 1.165) is 28.4 Å². The second kappa shape index (κ2) is 9.30. The zero-order chi connectivity index (χ0) is 24.5. The number of rotatable bonds is 6. The Hall–Kier alpha value is -3.66. The molecule has 0 aliphatic heterocycles. The number of furan rings is 1. The number of aryl methyl sites for hydroxylation is 3. The van der Waals surface area contributed by atoms with E-state index < -0.39 is 23.7 Å². The lowest BCUT2D eigenvalue weighted by Crippen LogP contribution is -2.18. The van der Waals surface area contributed by atoms with Gasteiger partial charge in [-0.3, -0.25) is 4.79 Å². The summed E-state index contributed by atoms with van der Waals surface area (Å²) in [5, 5.41) is 6.64. The molecule has 2 N–H and O–H groups in total. The van der Waals surface area contributed by atoms with Crippen molar-refractivity contribution in [3.8, 4) is 0 Å². The Morgan fingerprint density at radius 2 is 1.71 bits per heavy atom. The minimum atomic E-state index is -4.45. The van der Waals surface area contributed by atoms with Crippen LogP contribution in [-0.4, -0.2) is 15.9 Å². The van der Waals surface area contributed by atoms with Crippen LogP contribution >= 0.6 is 11.3 Å². The van der Waals surface area contributed by atoms with Gasteiger partial charge in [0.2, 0.25) is 5.95 Å². The van der Waals surface area contributed by atoms with Crippen LogP contribution in [0.4, 0.5) is 24.1 Å². The minimum Gasteiger partial charge on any atom is -0.459 e. The van der Waals surface area contributed by atoms with Crippen molar-refractivity contribution in [3.05, 3.63) is 93.5 Å². The summed E-state index contributed by atoms with van der Waals surface area (Å²) in [4.78, 5) is 22.4. The fourth-order valence-corrected chi connectivity index (χ4v) is 4.49. The van der Waals surface area contributed by atoms with E-state index in [1.165, 1.54) is 29.7 Å². The van der Waals surface area contributed by atoms with Crippen LogP contribution in [0.15, 0.2) is 59.2 Å². The van der Waals surface area contributed by atoms with Gasteiger partial charge in [-0.25, -0.2) is 9.97 Å². The molecule has 0 spiro atoms. The SMILES string of the molecule is Cc1cc(C)nc(N[C@H](c2ccc(C(F)(F)F)cc2)c2cc(C)sc2NC(=O)c2ccco2)n1. The van der Waals surface area contributed by atoms with E-state index in [1.54, 1.807) is 12.1 Å². The van der Waals surface area contributed by atoms with Gasteiger partial charge in [0.15, 0.2) is 5.76 Å². The number of nitrogens with one attached hydrogen (secondary N) is 2. The van der Waals surface area contributed by atoms with Gasteiger partial charge in [0.1, 0.15) is 5.00 Å². The Morgan fingerprint density at radius 3 is 2.29 bits per heavy atom. The Kier molecular flexibility index (Phi) is 6.43. The maximum atomic E-state index is 13.1. The van der Waals surface area contributed by atoms with Crippen molar-refractivity contribution in [3.63, 3.8) is 0 Å². The second-order valence-corrected chi connectivity index (χ2v) is 9.00. The molecular formula is C24H21F3N4O2S. The molecule has 34 heavy (non-hydrogen) atoms. The Balaban J connectivity index is 1.76. The van der Waals surface area contributed by atoms with Crippen molar-refractivity contribution in [2.24, 2.45) is 0 Å². The number of alkyl halides is 3. The van der Waals surface area contributed by atoms with E-state index in [4.69, 9.17) is 4.42 Å². The number of aromatic nitrogens is 2. The maximum Gasteiger partial charge on any atom is 0.416 e. The molecule has 0 radical (unpaired) electrons. The standard InChI is InChI=1S/C24H21F3N4O2S/c1-13-11-14(2)29-23(28-13)30-20(16-6-8-17(9-7-16)24(25,26)27)18-12-15(3)34-22(18)31-21(32)19-5-4-10-33-19/h4-12,20H,1-3H3,(H,31,32)(H,28,29,30)/t20-/m1/s1. The molecule has 0 fully saturated rings. The smallest absolute Gasteiger partial charge is 0.416 e. The van der Waals surface area contributed by atoms with E-state index in [2.05, 4.69) is 20.6 Å². The number of benzene rings is 1. The second-order valence-electron chi connectivity index (χ2n) is 7.74. The van der Waals surface area contributed by atoms with Crippen LogP contribution in [0.3, 0.4) is 0 Å². The molecule has 1 aromatic carbocycles. The first kappa shape index (κ1) is 23.5. The Morgan fingerprint density at radius 1 is 1.03 bits per heavy atom. The van der Waals surface area contributed by atoms with E-state index in [0.29, 0.717) is 22.1 Å². The van der Waals surface area contributed by atoms with Crippen molar-refractivity contribution in [1.29, 1.82) is 0 Å². The van der Waals surface area contributed by atoms with Crippen molar-refractivity contribution in [2.45, 2.75) is 33.0 Å². The summed E-state index contributed by atoms with van der Waals surface area (Å²) in [7, 11) is 0. The average molecular weight is 487 g/mol. The van der Waals surface area contributed by atoms with Crippen LogP contribution < -0.4 is 10.6 Å². The van der Waals surface area contributed by atoms with Crippen molar-refractivity contribution in [1.82, 2.24) is 9.97 Å². The van der Waals surface area contributed by atoms with Crippen LogP contribution in [0.25, 0.3) is 0 Å². The highest BCUT2D eigenvalue weighted by Gasteiger charge is 2.31. The van der Waals surface area contributed by atoms with Crippen LogP contribution in [0.5, 0.6) is 0 Å². The first-order valence-corrected chi connectivity index (χ1v) is 11.1. The molecule has 1 atom stereocenters. The summed E-state index contributed by atoms with van der Waals surface area (Å²) in [5.41, 5.74) is 1.97. The third-order valence-electron chi connectivity index (χ3n) is 4.99. The predicted octanol–water partition coefficient (Wildman–Crippen LogP) is 6.53. The lowest BCUT2D eigenvalue weighted by Gasteiger charge is -2.21. The number of anilines is 2. The molecule has 3 heterocycles. The van der Waals surface area contributed by atoms with Crippen molar-refractivity contribution in [2.75, 3.05) is 10.6 Å². The fraction of sp³-hybridized carbons (Fsp3) is 0.208. The summed E-state index contributed by atoms with van der Waals surface area (Å²) < 4.78 is 44.6. The van der Waals surface area contributed by atoms with E-state index in [9.17, 15) is 18.0 Å². The zero-order valence-electron chi connectivity index (χ0n) is 18.5. The molecule has 0 unspecified atom stereocenters. The molecule has 0 saturated carbocycles. The Labute approximate surface area is 197 Å². The summed E-state index contributed by atoms with van der Waals surface area (Å²) >= 11 is 1.35. The highest BCUT2D eigenvalue weighted by atomic mass is 32.1. The number of halogens is 3. The topological polar surface area (TPSA) is 80.0 Å². The molecule has 176 valence electrons. The zero-order valence-corrected chi connectivity index (χ0v) is 19.3. The number of amides is 1. The quantitative estimate of drug-likeness (QED) is 0.324. The molecule has 0 aliphatic rings. The number of hydrogen-bond donors (Lipinski definition) is 2. The van der Waals surface area contributed by atoms with Crippen LogP contribution in [0, 0.1) is 20.8 Å².